The Hall–Kier alpha value is -2.72. The van der Waals surface area contributed by atoms with Crippen molar-refractivity contribution in [1.82, 2.24) is 9.38 Å². The molecule has 2 heterocycles. The molecule has 1 amide bonds. The fraction of sp³-hybridized carbons (Fsp3) is 0.176. The molecular formula is C17H14FN3O4S2. The number of esters is 1. The molecule has 0 unspecified atom stereocenters. The highest BCUT2D eigenvalue weighted by Gasteiger charge is 2.09. The number of carbonyl (C=O) groups is 2. The number of thioether (sulfide) groups is 1. The van der Waals surface area contributed by atoms with E-state index in [9.17, 15) is 18.8 Å². The van der Waals surface area contributed by atoms with Gasteiger partial charge in [-0.05, 0) is 24.3 Å². The van der Waals surface area contributed by atoms with Crippen LogP contribution >= 0.6 is 23.1 Å². The minimum absolute atomic E-state index is 0.0168. The second kappa shape index (κ2) is 8.78. The Morgan fingerprint density at radius 1 is 1.26 bits per heavy atom. The molecule has 0 saturated heterocycles. The van der Waals surface area contributed by atoms with Crippen molar-refractivity contribution in [3.05, 3.63) is 63.8 Å². The Kier molecular flexibility index (Phi) is 6.20. The highest BCUT2D eigenvalue weighted by atomic mass is 32.2. The smallest absolute Gasteiger partial charge is 0.316 e. The first-order valence-electron chi connectivity index (χ1n) is 7.76. The van der Waals surface area contributed by atoms with E-state index in [1.54, 1.807) is 11.6 Å². The van der Waals surface area contributed by atoms with Gasteiger partial charge in [0.05, 0.1) is 17.2 Å². The largest absolute Gasteiger partial charge is 0.459 e. The molecule has 2 aromatic heterocycles. The molecule has 27 heavy (non-hydrogen) atoms. The van der Waals surface area contributed by atoms with Gasteiger partial charge in [0.25, 0.3) is 5.56 Å². The van der Waals surface area contributed by atoms with Crippen molar-refractivity contribution in [1.29, 1.82) is 0 Å². The number of halogens is 1. The lowest BCUT2D eigenvalue weighted by atomic mass is 10.3. The number of carbonyl (C=O) groups excluding carboxylic acids is 2. The van der Waals surface area contributed by atoms with Gasteiger partial charge in [-0.25, -0.2) is 9.37 Å². The lowest BCUT2D eigenvalue weighted by Gasteiger charge is -2.06. The number of thiazole rings is 1. The van der Waals surface area contributed by atoms with Gasteiger partial charge in [-0.3, -0.25) is 18.8 Å². The van der Waals surface area contributed by atoms with Crippen LogP contribution in [-0.4, -0.2) is 32.8 Å². The summed E-state index contributed by atoms with van der Waals surface area (Å²) in [5, 5.41) is 4.34. The van der Waals surface area contributed by atoms with Crippen LogP contribution in [-0.2, 0) is 20.9 Å². The predicted molar refractivity (Wildman–Crippen MR) is 101 cm³/mol. The Morgan fingerprint density at radius 3 is 2.81 bits per heavy atom. The number of hydrogen-bond donors (Lipinski definition) is 1. The first kappa shape index (κ1) is 19.1. The monoisotopic (exact) mass is 407 g/mol. The zero-order valence-corrected chi connectivity index (χ0v) is 15.5. The summed E-state index contributed by atoms with van der Waals surface area (Å²) < 4.78 is 19.3. The molecule has 0 saturated carbocycles. The number of anilines is 1. The molecule has 3 rings (SSSR count). The van der Waals surface area contributed by atoms with Crippen LogP contribution in [0.3, 0.4) is 0 Å². The highest BCUT2D eigenvalue weighted by molar-refractivity contribution is 8.00. The number of ether oxygens (including phenoxy) is 1. The predicted octanol–water partition coefficient (Wildman–Crippen LogP) is 2.31. The van der Waals surface area contributed by atoms with Crippen molar-refractivity contribution in [3.8, 4) is 0 Å². The molecule has 140 valence electrons. The molecule has 3 aromatic rings. The summed E-state index contributed by atoms with van der Waals surface area (Å²) in [5.74, 6) is -1.18. The third-order valence-corrected chi connectivity index (χ3v) is 4.98. The van der Waals surface area contributed by atoms with E-state index in [1.165, 1.54) is 46.1 Å². The second-order valence-corrected chi connectivity index (χ2v) is 7.21. The van der Waals surface area contributed by atoms with E-state index in [0.29, 0.717) is 16.3 Å². The van der Waals surface area contributed by atoms with Gasteiger partial charge in [-0.2, -0.15) is 0 Å². The van der Waals surface area contributed by atoms with Gasteiger partial charge in [0.1, 0.15) is 12.4 Å². The number of nitrogens with zero attached hydrogens (tertiary/aromatic N) is 2. The minimum Gasteiger partial charge on any atom is -0.459 e. The number of rotatable bonds is 7. The first-order chi connectivity index (χ1) is 13.0. The van der Waals surface area contributed by atoms with Crippen LogP contribution in [0.15, 0.2) is 46.7 Å². The molecular weight excluding hydrogens is 393 g/mol. The van der Waals surface area contributed by atoms with E-state index in [0.717, 1.165) is 11.8 Å². The lowest BCUT2D eigenvalue weighted by molar-refractivity contribution is -0.141. The average molecular weight is 407 g/mol. The number of aromatic nitrogens is 2. The molecule has 0 fully saturated rings. The van der Waals surface area contributed by atoms with Crippen molar-refractivity contribution in [3.63, 3.8) is 0 Å². The van der Waals surface area contributed by atoms with E-state index in [4.69, 9.17) is 4.74 Å². The highest BCUT2D eigenvalue weighted by Crippen LogP contribution is 2.10. The van der Waals surface area contributed by atoms with Gasteiger partial charge >= 0.3 is 5.97 Å². The molecule has 0 aliphatic carbocycles. The number of nitrogens with one attached hydrogen (secondary N) is 1. The summed E-state index contributed by atoms with van der Waals surface area (Å²) >= 11 is 2.40. The average Bonchev–Trinajstić information content (AvgIpc) is 3.11. The molecule has 0 bridgehead atoms. The number of amides is 1. The standard InChI is InChI=1S/C17H14FN3O4S2/c18-11-1-3-12(4-2-11)19-14(22)9-26-10-16(24)25-8-13-7-15(23)21-5-6-27-17(21)20-13/h1-7H,8-10H2,(H,19,22). The summed E-state index contributed by atoms with van der Waals surface area (Å²) in [6.07, 6.45) is 1.62. The molecule has 0 radical (unpaired) electrons. The molecule has 1 aromatic carbocycles. The van der Waals surface area contributed by atoms with Crippen LogP contribution in [0.2, 0.25) is 0 Å². The van der Waals surface area contributed by atoms with Gasteiger partial charge < -0.3 is 10.1 Å². The maximum atomic E-state index is 12.8. The molecule has 10 heteroatoms. The van der Waals surface area contributed by atoms with Crippen molar-refractivity contribution in [2.75, 3.05) is 16.8 Å². The van der Waals surface area contributed by atoms with Crippen molar-refractivity contribution in [2.24, 2.45) is 0 Å². The van der Waals surface area contributed by atoms with Gasteiger partial charge in [0, 0.05) is 23.3 Å². The minimum atomic E-state index is -0.511. The number of hydrogen-bond acceptors (Lipinski definition) is 7. The molecule has 0 aliphatic rings. The SMILES string of the molecule is O=C(CSCC(=O)OCc1cc(=O)n2ccsc2n1)Nc1ccc(F)cc1. The summed E-state index contributed by atoms with van der Waals surface area (Å²) in [4.78, 5) is 40.1. The third kappa shape index (κ3) is 5.38. The summed E-state index contributed by atoms with van der Waals surface area (Å²) in [6.45, 7) is -0.106. The topological polar surface area (TPSA) is 89.8 Å². The van der Waals surface area contributed by atoms with Gasteiger partial charge in [0.2, 0.25) is 5.91 Å². The van der Waals surface area contributed by atoms with Crippen LogP contribution in [0, 0.1) is 5.82 Å². The Balaban J connectivity index is 1.40. The van der Waals surface area contributed by atoms with E-state index < -0.39 is 5.97 Å². The summed E-state index contributed by atoms with van der Waals surface area (Å²) in [6, 6.07) is 6.70. The van der Waals surface area contributed by atoms with Crippen LogP contribution in [0.4, 0.5) is 10.1 Å². The zero-order valence-electron chi connectivity index (χ0n) is 13.9. The molecule has 7 nitrogen and oxygen atoms in total. The van der Waals surface area contributed by atoms with Gasteiger partial charge in [-0.1, -0.05) is 0 Å². The van der Waals surface area contributed by atoms with Crippen molar-refractivity contribution < 1.29 is 18.7 Å². The summed E-state index contributed by atoms with van der Waals surface area (Å²) in [7, 11) is 0. The van der Waals surface area contributed by atoms with Gasteiger partial charge in [-0.15, -0.1) is 23.1 Å². The van der Waals surface area contributed by atoms with E-state index >= 15 is 0 Å². The second-order valence-electron chi connectivity index (χ2n) is 5.35. The fourth-order valence-electron chi connectivity index (χ4n) is 2.12. The fourth-order valence-corrected chi connectivity index (χ4v) is 3.46. The Labute approximate surface area is 161 Å². The van der Waals surface area contributed by atoms with Gasteiger partial charge in [0.15, 0.2) is 4.96 Å². The lowest BCUT2D eigenvalue weighted by Crippen LogP contribution is -2.17. The maximum Gasteiger partial charge on any atom is 0.316 e. The third-order valence-electron chi connectivity index (χ3n) is 3.32. The number of benzene rings is 1. The van der Waals surface area contributed by atoms with Crippen molar-refractivity contribution >= 4 is 45.6 Å². The Morgan fingerprint density at radius 2 is 2.04 bits per heavy atom. The van der Waals surface area contributed by atoms with Crippen molar-refractivity contribution in [2.45, 2.75) is 6.61 Å². The molecule has 0 atom stereocenters. The van der Waals surface area contributed by atoms with E-state index in [1.807, 2.05) is 0 Å². The van der Waals surface area contributed by atoms with E-state index in [2.05, 4.69) is 10.3 Å². The van der Waals surface area contributed by atoms with Crippen LogP contribution in [0.5, 0.6) is 0 Å². The summed E-state index contributed by atoms with van der Waals surface area (Å²) in [5.41, 5.74) is 0.611. The van der Waals surface area contributed by atoms with Crippen LogP contribution < -0.4 is 10.9 Å². The van der Waals surface area contributed by atoms with Crippen LogP contribution in [0.25, 0.3) is 4.96 Å². The number of fused-ring (bicyclic) bond motifs is 1. The zero-order chi connectivity index (χ0) is 19.2. The molecule has 0 aliphatic heterocycles. The quantitative estimate of drug-likeness (QED) is 0.605. The maximum absolute atomic E-state index is 12.8. The van der Waals surface area contributed by atoms with Crippen LogP contribution in [0.1, 0.15) is 5.69 Å². The van der Waals surface area contributed by atoms with E-state index in [-0.39, 0.29) is 35.4 Å². The Bertz CT molecular complexity index is 1020. The molecule has 1 N–H and O–H groups in total. The first-order valence-corrected chi connectivity index (χ1v) is 9.79. The molecule has 0 spiro atoms. The normalized spacial score (nSPS) is 10.7.